The molecule has 0 N–H and O–H groups in total. The Hall–Kier alpha value is -3.94. The molecule has 2 aromatic heterocycles. The molecule has 3 aliphatic rings. The number of nitrogens with zero attached hydrogens (tertiary/aromatic N) is 4. The Kier molecular flexibility index (Phi) is 9.14. The maximum absolute atomic E-state index is 12.5. The summed E-state index contributed by atoms with van der Waals surface area (Å²) in [6.45, 7) is 8.55. The van der Waals surface area contributed by atoms with Gasteiger partial charge in [0.15, 0.2) is 5.82 Å². The molecule has 3 aromatic rings. The summed E-state index contributed by atoms with van der Waals surface area (Å²) in [6, 6.07) is 12.6. The molecule has 232 valence electrons. The van der Waals surface area contributed by atoms with E-state index in [9.17, 15) is 9.59 Å². The van der Waals surface area contributed by atoms with Crippen LogP contribution in [0, 0.1) is 12.8 Å². The highest BCUT2D eigenvalue weighted by atomic mass is 16.5. The minimum Gasteiger partial charge on any atom is -0.489 e. The van der Waals surface area contributed by atoms with Crippen molar-refractivity contribution in [1.29, 1.82) is 0 Å². The first-order valence-corrected chi connectivity index (χ1v) is 16.4. The van der Waals surface area contributed by atoms with Crippen LogP contribution in [0.5, 0.6) is 5.75 Å². The second-order valence-corrected chi connectivity index (χ2v) is 12.3. The van der Waals surface area contributed by atoms with Gasteiger partial charge in [0.05, 0.1) is 24.2 Å². The van der Waals surface area contributed by atoms with Crippen molar-refractivity contribution in [3.63, 3.8) is 0 Å². The van der Waals surface area contributed by atoms with E-state index in [-0.39, 0.29) is 5.97 Å². The molecule has 44 heavy (non-hydrogen) atoms. The normalized spacial score (nSPS) is 17.6. The van der Waals surface area contributed by atoms with Crippen LogP contribution in [0.15, 0.2) is 48.2 Å². The molecule has 2 aliphatic carbocycles. The molecule has 2 fully saturated rings. The molecule has 1 amide bonds. The van der Waals surface area contributed by atoms with Gasteiger partial charge < -0.3 is 14.4 Å². The van der Waals surface area contributed by atoms with Gasteiger partial charge in [0.1, 0.15) is 17.9 Å². The van der Waals surface area contributed by atoms with Gasteiger partial charge >= 0.3 is 5.97 Å². The average Bonchev–Trinajstić information content (AvgIpc) is 3.82. The number of allylic oxidation sites excluding steroid dienone is 1. The standard InChI is InChI=1S/C36H44N4O4/c1-4-32-30(36(42)43-5-2)22-37-40(32)34-12-8-11-31(38-34)29-10-7-6-9-28(29)23-44-33-16-15-27(21-24(33)3)25-17-19-39(20-18-25)35(41)26-13-14-26/h8,11-12,15-16,21-22,25-26H,4-7,9-10,13-14,17-20,23H2,1-3H3. The molecular formula is C36H44N4O4. The van der Waals surface area contributed by atoms with E-state index >= 15 is 0 Å². The monoisotopic (exact) mass is 596 g/mol. The number of amides is 1. The van der Waals surface area contributed by atoms with Crippen LogP contribution in [0.3, 0.4) is 0 Å². The highest BCUT2D eigenvalue weighted by molar-refractivity contribution is 5.90. The minimum atomic E-state index is -0.352. The third-order valence-corrected chi connectivity index (χ3v) is 9.35. The van der Waals surface area contributed by atoms with E-state index in [0.29, 0.717) is 48.8 Å². The number of ether oxygens (including phenoxy) is 2. The summed E-state index contributed by atoms with van der Waals surface area (Å²) < 4.78 is 13.4. The fourth-order valence-corrected chi connectivity index (χ4v) is 6.71. The SMILES string of the molecule is CCOC(=O)c1cnn(-c2cccc(C3=C(COc4ccc(C5CCN(C(=O)C6CC6)CC5)cc4C)CCCC3)n2)c1CC. The molecule has 0 atom stereocenters. The van der Waals surface area contributed by atoms with E-state index in [1.807, 2.05) is 19.1 Å². The Morgan fingerprint density at radius 2 is 1.80 bits per heavy atom. The third-order valence-electron chi connectivity index (χ3n) is 9.35. The van der Waals surface area contributed by atoms with Gasteiger partial charge in [-0.2, -0.15) is 5.10 Å². The van der Waals surface area contributed by atoms with Crippen LogP contribution in [0.25, 0.3) is 11.4 Å². The fraction of sp³-hybridized carbons (Fsp3) is 0.500. The average molecular weight is 597 g/mol. The van der Waals surface area contributed by atoms with Crippen molar-refractivity contribution in [3.8, 4) is 11.6 Å². The predicted octanol–water partition coefficient (Wildman–Crippen LogP) is 6.84. The summed E-state index contributed by atoms with van der Waals surface area (Å²) in [4.78, 5) is 32.0. The molecule has 1 aliphatic heterocycles. The third kappa shape index (κ3) is 6.44. The van der Waals surface area contributed by atoms with E-state index in [1.54, 1.807) is 17.8 Å². The summed E-state index contributed by atoms with van der Waals surface area (Å²) >= 11 is 0. The van der Waals surface area contributed by atoms with Crippen molar-refractivity contribution in [3.05, 3.63) is 76.2 Å². The number of aryl methyl sites for hydroxylation is 1. The van der Waals surface area contributed by atoms with E-state index < -0.39 is 0 Å². The van der Waals surface area contributed by atoms with E-state index in [4.69, 9.17) is 14.5 Å². The minimum absolute atomic E-state index is 0.307. The van der Waals surface area contributed by atoms with Crippen LogP contribution in [-0.4, -0.2) is 57.8 Å². The van der Waals surface area contributed by atoms with Gasteiger partial charge in [-0.15, -0.1) is 0 Å². The van der Waals surface area contributed by atoms with Gasteiger partial charge in [0.2, 0.25) is 5.91 Å². The Balaban J connectivity index is 1.15. The summed E-state index contributed by atoms with van der Waals surface area (Å²) in [5.74, 6) is 2.44. The number of benzene rings is 1. The second-order valence-electron chi connectivity index (χ2n) is 12.3. The maximum atomic E-state index is 12.5. The van der Waals surface area contributed by atoms with Gasteiger partial charge in [-0.1, -0.05) is 25.1 Å². The molecule has 8 heteroatoms. The lowest BCUT2D eigenvalue weighted by Crippen LogP contribution is -2.38. The molecule has 8 nitrogen and oxygen atoms in total. The topological polar surface area (TPSA) is 86.5 Å². The van der Waals surface area contributed by atoms with Gasteiger partial charge in [-0.25, -0.2) is 14.5 Å². The number of aromatic nitrogens is 3. The van der Waals surface area contributed by atoms with E-state index in [0.717, 1.165) is 87.2 Å². The molecule has 3 heterocycles. The van der Waals surface area contributed by atoms with Crippen molar-refractivity contribution in [1.82, 2.24) is 19.7 Å². The summed E-state index contributed by atoms with van der Waals surface area (Å²) in [5.41, 5.74) is 7.27. The van der Waals surface area contributed by atoms with Crippen LogP contribution in [0.4, 0.5) is 0 Å². The summed E-state index contributed by atoms with van der Waals surface area (Å²) in [7, 11) is 0. The quantitative estimate of drug-likeness (QED) is 0.238. The highest BCUT2D eigenvalue weighted by Gasteiger charge is 2.35. The van der Waals surface area contributed by atoms with Crippen molar-refractivity contribution in [2.45, 2.75) is 84.5 Å². The first-order chi connectivity index (χ1) is 21.5. The molecule has 0 unspecified atom stereocenters. The Labute approximate surface area is 260 Å². The van der Waals surface area contributed by atoms with Gasteiger partial charge in [0, 0.05) is 19.0 Å². The Morgan fingerprint density at radius 1 is 1.00 bits per heavy atom. The smallest absolute Gasteiger partial charge is 0.341 e. The van der Waals surface area contributed by atoms with E-state index in [1.165, 1.54) is 16.7 Å². The van der Waals surface area contributed by atoms with E-state index in [2.05, 4.69) is 41.2 Å². The molecule has 1 saturated carbocycles. The zero-order valence-corrected chi connectivity index (χ0v) is 26.3. The van der Waals surface area contributed by atoms with Crippen LogP contribution in [0.1, 0.15) is 104 Å². The molecule has 1 saturated heterocycles. The second kappa shape index (κ2) is 13.4. The van der Waals surface area contributed by atoms with Crippen molar-refractivity contribution in [2.24, 2.45) is 5.92 Å². The predicted molar refractivity (Wildman–Crippen MR) is 170 cm³/mol. The van der Waals surface area contributed by atoms with Gasteiger partial charge in [0.25, 0.3) is 0 Å². The zero-order valence-electron chi connectivity index (χ0n) is 26.3. The van der Waals surface area contributed by atoms with Gasteiger partial charge in [-0.05, 0) is 118 Å². The zero-order chi connectivity index (χ0) is 30.6. The highest BCUT2D eigenvalue weighted by Crippen LogP contribution is 2.36. The van der Waals surface area contributed by atoms with Crippen LogP contribution < -0.4 is 4.74 Å². The lowest BCUT2D eigenvalue weighted by atomic mass is 9.88. The van der Waals surface area contributed by atoms with Crippen LogP contribution >= 0.6 is 0 Å². The number of esters is 1. The molecule has 0 bridgehead atoms. The Morgan fingerprint density at radius 3 is 2.52 bits per heavy atom. The molecule has 6 rings (SSSR count). The van der Waals surface area contributed by atoms with Gasteiger partial charge in [-0.3, -0.25) is 4.79 Å². The van der Waals surface area contributed by atoms with Crippen molar-refractivity contribution < 1.29 is 19.1 Å². The number of hydrogen-bond acceptors (Lipinski definition) is 6. The summed E-state index contributed by atoms with van der Waals surface area (Å²) in [6.07, 6.45) is 10.6. The Bertz CT molecular complexity index is 1550. The number of likely N-dealkylation sites (tertiary alicyclic amines) is 1. The van der Waals surface area contributed by atoms with Crippen molar-refractivity contribution >= 4 is 17.4 Å². The molecule has 0 radical (unpaired) electrons. The largest absolute Gasteiger partial charge is 0.489 e. The molecule has 1 aromatic carbocycles. The van der Waals surface area contributed by atoms with Crippen LogP contribution in [0.2, 0.25) is 0 Å². The maximum Gasteiger partial charge on any atom is 0.341 e. The molecular weight excluding hydrogens is 552 g/mol. The first-order valence-electron chi connectivity index (χ1n) is 16.4. The van der Waals surface area contributed by atoms with Crippen molar-refractivity contribution in [2.75, 3.05) is 26.3 Å². The van der Waals surface area contributed by atoms with Crippen LogP contribution in [-0.2, 0) is 16.0 Å². The number of piperidine rings is 1. The lowest BCUT2D eigenvalue weighted by molar-refractivity contribution is -0.133. The summed E-state index contributed by atoms with van der Waals surface area (Å²) in [5, 5.41) is 4.51. The molecule has 0 spiro atoms. The number of carbonyl (C=O) groups excluding carboxylic acids is 2. The number of hydrogen-bond donors (Lipinski definition) is 0. The number of pyridine rings is 1. The number of carbonyl (C=O) groups is 2. The number of rotatable bonds is 10. The first kappa shape index (κ1) is 30.1. The fourth-order valence-electron chi connectivity index (χ4n) is 6.71. The lowest BCUT2D eigenvalue weighted by Gasteiger charge is -2.32.